The van der Waals surface area contributed by atoms with Gasteiger partial charge in [0.05, 0.1) is 5.92 Å². The standard InChI is InChI=1S/C19H36N2.C8H16O2/c1-5-9-11-17(7-3)15-19-20-13-14-21(19)16-18(8-4)12-10-6-2;1-3-5-6-7(4-2)8(9)10/h13-14,17-18H,5-12,15-16H2,1-4H3;7H,3-6H2,1-2H3,(H,9,10). The summed E-state index contributed by atoms with van der Waals surface area (Å²) in [6.07, 6.45) is 19.7. The van der Waals surface area contributed by atoms with Crippen LogP contribution in [0.1, 0.15) is 124 Å². The van der Waals surface area contributed by atoms with Crippen molar-refractivity contribution in [3.63, 3.8) is 0 Å². The molecule has 182 valence electrons. The van der Waals surface area contributed by atoms with Crippen molar-refractivity contribution >= 4 is 5.97 Å². The van der Waals surface area contributed by atoms with Gasteiger partial charge in [0.2, 0.25) is 0 Å². The number of aromatic nitrogens is 2. The first-order chi connectivity index (χ1) is 15.0. The zero-order valence-electron chi connectivity index (χ0n) is 21.5. The van der Waals surface area contributed by atoms with Crippen LogP contribution in [0.5, 0.6) is 0 Å². The number of hydrogen-bond donors (Lipinski definition) is 1. The van der Waals surface area contributed by atoms with E-state index in [4.69, 9.17) is 5.11 Å². The van der Waals surface area contributed by atoms with E-state index in [0.717, 1.165) is 50.5 Å². The van der Waals surface area contributed by atoms with Crippen LogP contribution in [-0.2, 0) is 17.8 Å². The van der Waals surface area contributed by atoms with Gasteiger partial charge in [0.25, 0.3) is 0 Å². The van der Waals surface area contributed by atoms with Gasteiger partial charge in [0.1, 0.15) is 5.82 Å². The van der Waals surface area contributed by atoms with Gasteiger partial charge in [-0.15, -0.1) is 0 Å². The zero-order valence-corrected chi connectivity index (χ0v) is 21.5. The lowest BCUT2D eigenvalue weighted by Gasteiger charge is -2.19. The Morgan fingerprint density at radius 1 is 0.871 bits per heavy atom. The van der Waals surface area contributed by atoms with Crippen LogP contribution in [0.25, 0.3) is 0 Å². The van der Waals surface area contributed by atoms with Crippen LogP contribution in [-0.4, -0.2) is 20.6 Å². The highest BCUT2D eigenvalue weighted by atomic mass is 16.4. The van der Waals surface area contributed by atoms with E-state index in [1.807, 2.05) is 13.1 Å². The quantitative estimate of drug-likeness (QED) is 0.268. The van der Waals surface area contributed by atoms with Gasteiger partial charge in [-0.25, -0.2) is 4.98 Å². The van der Waals surface area contributed by atoms with Crippen molar-refractivity contribution in [2.24, 2.45) is 17.8 Å². The van der Waals surface area contributed by atoms with Crippen molar-refractivity contribution in [3.05, 3.63) is 18.2 Å². The Labute approximate surface area is 193 Å². The highest BCUT2D eigenvalue weighted by molar-refractivity contribution is 5.69. The molecular weight excluding hydrogens is 384 g/mol. The first-order valence-corrected chi connectivity index (χ1v) is 13.2. The average molecular weight is 437 g/mol. The molecule has 31 heavy (non-hydrogen) atoms. The summed E-state index contributed by atoms with van der Waals surface area (Å²) in [4.78, 5) is 15.1. The normalized spacial score (nSPS) is 13.9. The molecule has 0 fully saturated rings. The van der Waals surface area contributed by atoms with Crippen molar-refractivity contribution in [1.29, 1.82) is 0 Å². The summed E-state index contributed by atoms with van der Waals surface area (Å²) in [7, 11) is 0. The van der Waals surface area contributed by atoms with Gasteiger partial charge in [-0.05, 0) is 31.1 Å². The maximum Gasteiger partial charge on any atom is 0.306 e. The number of nitrogens with zero attached hydrogens (tertiary/aromatic N) is 2. The largest absolute Gasteiger partial charge is 0.481 e. The minimum absolute atomic E-state index is 0.111. The second-order valence-electron chi connectivity index (χ2n) is 9.12. The molecule has 3 unspecified atom stereocenters. The molecule has 0 aromatic carbocycles. The van der Waals surface area contributed by atoms with Crippen LogP contribution >= 0.6 is 0 Å². The Kier molecular flexibility index (Phi) is 18.5. The number of rotatable bonds is 17. The first kappa shape index (κ1) is 29.7. The molecule has 0 radical (unpaired) electrons. The van der Waals surface area contributed by atoms with Gasteiger partial charge in [-0.2, -0.15) is 0 Å². The molecule has 1 heterocycles. The van der Waals surface area contributed by atoms with E-state index < -0.39 is 5.97 Å². The fraction of sp³-hybridized carbons (Fsp3) is 0.852. The molecule has 4 heteroatoms. The highest BCUT2D eigenvalue weighted by Crippen LogP contribution is 2.20. The number of hydrogen-bond acceptors (Lipinski definition) is 2. The van der Waals surface area contributed by atoms with Crippen LogP contribution in [0, 0.1) is 17.8 Å². The van der Waals surface area contributed by atoms with E-state index in [-0.39, 0.29) is 5.92 Å². The van der Waals surface area contributed by atoms with E-state index in [2.05, 4.69) is 50.4 Å². The van der Waals surface area contributed by atoms with E-state index in [1.165, 1.54) is 57.2 Å². The van der Waals surface area contributed by atoms with Crippen molar-refractivity contribution in [2.75, 3.05) is 0 Å². The monoisotopic (exact) mass is 436 g/mol. The lowest BCUT2D eigenvalue weighted by molar-refractivity contribution is -0.142. The summed E-state index contributed by atoms with van der Waals surface area (Å²) in [6, 6.07) is 0. The number of aliphatic carboxylic acids is 1. The summed E-state index contributed by atoms with van der Waals surface area (Å²) in [5.74, 6) is 2.18. The molecule has 0 saturated heterocycles. The van der Waals surface area contributed by atoms with E-state index >= 15 is 0 Å². The summed E-state index contributed by atoms with van der Waals surface area (Å²) >= 11 is 0. The molecule has 0 bridgehead atoms. The van der Waals surface area contributed by atoms with Gasteiger partial charge in [-0.3, -0.25) is 4.79 Å². The Morgan fingerprint density at radius 2 is 1.42 bits per heavy atom. The van der Waals surface area contributed by atoms with Gasteiger partial charge in [-0.1, -0.05) is 99.3 Å². The second kappa shape index (κ2) is 19.4. The Morgan fingerprint density at radius 3 is 1.90 bits per heavy atom. The molecule has 0 spiro atoms. The van der Waals surface area contributed by atoms with E-state index in [0.29, 0.717) is 0 Å². The number of carboxylic acid groups (broad SMARTS) is 1. The molecule has 1 aromatic rings. The van der Waals surface area contributed by atoms with Crippen molar-refractivity contribution in [1.82, 2.24) is 9.55 Å². The molecule has 4 nitrogen and oxygen atoms in total. The Balaban J connectivity index is 0.000000759. The molecule has 0 saturated carbocycles. The third-order valence-corrected chi connectivity index (χ3v) is 6.56. The lowest BCUT2D eigenvalue weighted by Crippen LogP contribution is -2.15. The van der Waals surface area contributed by atoms with Crippen molar-refractivity contribution in [2.45, 2.75) is 132 Å². The van der Waals surface area contributed by atoms with Crippen molar-refractivity contribution in [3.8, 4) is 0 Å². The maximum atomic E-state index is 10.4. The predicted molar refractivity (Wildman–Crippen MR) is 133 cm³/mol. The van der Waals surface area contributed by atoms with E-state index in [1.54, 1.807) is 0 Å². The molecule has 3 atom stereocenters. The van der Waals surface area contributed by atoms with Crippen molar-refractivity contribution < 1.29 is 9.90 Å². The number of carbonyl (C=O) groups is 1. The second-order valence-corrected chi connectivity index (χ2v) is 9.12. The molecule has 1 rings (SSSR count). The van der Waals surface area contributed by atoms with E-state index in [9.17, 15) is 4.79 Å². The highest BCUT2D eigenvalue weighted by Gasteiger charge is 2.14. The summed E-state index contributed by atoms with van der Waals surface area (Å²) < 4.78 is 2.43. The number of carboxylic acids is 1. The SMILES string of the molecule is CCCCC(CC)C(=O)O.CCCCC(CC)Cc1nccn1CC(CC)CCCC. The van der Waals surface area contributed by atoms with Gasteiger partial charge in [0.15, 0.2) is 0 Å². The smallest absolute Gasteiger partial charge is 0.306 e. The Bertz CT molecular complexity index is 509. The Hall–Kier alpha value is -1.32. The molecule has 1 aromatic heterocycles. The fourth-order valence-electron chi connectivity index (χ4n) is 4.05. The average Bonchev–Trinajstić information content (AvgIpc) is 3.21. The molecule has 0 aliphatic heterocycles. The molecule has 0 aliphatic rings. The minimum atomic E-state index is -0.643. The van der Waals surface area contributed by atoms with Crippen LogP contribution < -0.4 is 0 Å². The summed E-state index contributed by atoms with van der Waals surface area (Å²) in [5, 5.41) is 8.60. The first-order valence-electron chi connectivity index (χ1n) is 13.2. The lowest BCUT2D eigenvalue weighted by atomic mass is 9.95. The minimum Gasteiger partial charge on any atom is -0.481 e. The van der Waals surface area contributed by atoms with Crippen LogP contribution in [0.4, 0.5) is 0 Å². The third-order valence-electron chi connectivity index (χ3n) is 6.56. The van der Waals surface area contributed by atoms with Gasteiger partial charge in [0, 0.05) is 25.4 Å². The molecule has 1 N–H and O–H groups in total. The van der Waals surface area contributed by atoms with Crippen LogP contribution in [0.2, 0.25) is 0 Å². The molecule has 0 amide bonds. The maximum absolute atomic E-state index is 10.4. The van der Waals surface area contributed by atoms with Crippen LogP contribution in [0.3, 0.4) is 0 Å². The third kappa shape index (κ3) is 13.6. The molecular formula is C27H52N2O2. The number of imidazole rings is 1. The summed E-state index contributed by atoms with van der Waals surface area (Å²) in [5.41, 5.74) is 0. The topological polar surface area (TPSA) is 55.1 Å². The summed E-state index contributed by atoms with van der Waals surface area (Å²) in [6.45, 7) is 14.4. The molecule has 0 aliphatic carbocycles. The van der Waals surface area contributed by atoms with Gasteiger partial charge < -0.3 is 9.67 Å². The zero-order chi connectivity index (χ0) is 23.5. The number of unbranched alkanes of at least 4 members (excludes halogenated alkanes) is 3. The predicted octanol–water partition coefficient (Wildman–Crippen LogP) is 8.15. The van der Waals surface area contributed by atoms with Gasteiger partial charge >= 0.3 is 5.97 Å². The van der Waals surface area contributed by atoms with Crippen LogP contribution in [0.15, 0.2) is 12.4 Å². The fourth-order valence-corrected chi connectivity index (χ4v) is 4.05.